The lowest BCUT2D eigenvalue weighted by Crippen LogP contribution is -2.29. The lowest BCUT2D eigenvalue weighted by atomic mass is 10.4. The molecule has 0 bridgehead atoms. The van der Waals surface area contributed by atoms with Crippen LogP contribution in [-0.4, -0.2) is 45.2 Å². The summed E-state index contributed by atoms with van der Waals surface area (Å²) in [4.78, 5) is 10.9. The van der Waals surface area contributed by atoms with Crippen molar-refractivity contribution in [2.45, 2.75) is 19.8 Å². The van der Waals surface area contributed by atoms with Gasteiger partial charge in [0.15, 0.2) is 0 Å². The second-order valence-corrected chi connectivity index (χ2v) is 2.92. The van der Waals surface area contributed by atoms with Gasteiger partial charge < -0.3 is 15.4 Å². The molecule has 4 nitrogen and oxygen atoms in total. The van der Waals surface area contributed by atoms with Crippen LogP contribution < -0.4 is 10.6 Å². The third-order valence-corrected chi connectivity index (χ3v) is 1.57. The Morgan fingerprint density at radius 1 is 1.40 bits per heavy atom. The van der Waals surface area contributed by atoms with Crippen LogP contribution in [0.3, 0.4) is 0 Å². The van der Waals surface area contributed by atoms with Gasteiger partial charge in [-0.15, -0.1) is 0 Å². The number of alkyl halides is 2. The minimum atomic E-state index is -2.42. The summed E-state index contributed by atoms with van der Waals surface area (Å²) >= 11 is 0. The summed E-state index contributed by atoms with van der Waals surface area (Å²) in [5, 5.41) is 5.57. The molecule has 0 aliphatic carbocycles. The fourth-order valence-electron chi connectivity index (χ4n) is 0.929. The van der Waals surface area contributed by atoms with E-state index in [0.717, 1.165) is 0 Å². The highest BCUT2D eigenvalue weighted by molar-refractivity contribution is 5.75. The number of rotatable bonds is 9. The van der Waals surface area contributed by atoms with Crippen molar-refractivity contribution in [3.05, 3.63) is 0 Å². The predicted octanol–water partition coefficient (Wildman–Crippen LogP) is 0.384. The van der Waals surface area contributed by atoms with Crippen LogP contribution in [0.2, 0.25) is 0 Å². The Labute approximate surface area is 88.4 Å². The molecule has 0 aromatic heterocycles. The van der Waals surface area contributed by atoms with Gasteiger partial charge in [0.25, 0.3) is 6.43 Å². The van der Waals surface area contributed by atoms with Crippen molar-refractivity contribution in [1.29, 1.82) is 0 Å². The predicted molar refractivity (Wildman–Crippen MR) is 53.0 cm³/mol. The van der Waals surface area contributed by atoms with Crippen molar-refractivity contribution in [2.75, 3.05) is 32.8 Å². The van der Waals surface area contributed by atoms with E-state index >= 15 is 0 Å². The van der Waals surface area contributed by atoms with E-state index in [4.69, 9.17) is 0 Å². The number of hydrogen-bond acceptors (Lipinski definition) is 3. The lowest BCUT2D eigenvalue weighted by molar-refractivity contribution is -0.120. The highest BCUT2D eigenvalue weighted by Gasteiger charge is 2.01. The van der Waals surface area contributed by atoms with Crippen LogP contribution in [0.4, 0.5) is 8.78 Å². The number of ether oxygens (including phenoxy) is 1. The largest absolute Gasteiger partial charge is 0.374 e. The van der Waals surface area contributed by atoms with E-state index in [1.54, 1.807) is 0 Å². The van der Waals surface area contributed by atoms with E-state index in [1.807, 2.05) is 6.92 Å². The molecule has 0 aliphatic heterocycles. The van der Waals surface area contributed by atoms with Gasteiger partial charge in [0.05, 0.1) is 6.61 Å². The Morgan fingerprint density at radius 2 is 2.13 bits per heavy atom. The monoisotopic (exact) mass is 224 g/mol. The molecular formula is C9H18F2N2O2. The maximum absolute atomic E-state index is 11.6. The van der Waals surface area contributed by atoms with E-state index in [9.17, 15) is 13.6 Å². The summed E-state index contributed by atoms with van der Waals surface area (Å²) in [6.07, 6.45) is -2.02. The SMILES string of the molecule is CCNC(=O)CCNCCOCC(F)F. The number of amides is 1. The molecule has 0 atom stereocenters. The van der Waals surface area contributed by atoms with Crippen molar-refractivity contribution >= 4 is 5.91 Å². The maximum atomic E-state index is 11.6. The van der Waals surface area contributed by atoms with Gasteiger partial charge in [-0.2, -0.15) is 0 Å². The normalized spacial score (nSPS) is 10.7. The molecular weight excluding hydrogens is 206 g/mol. The van der Waals surface area contributed by atoms with Crippen molar-refractivity contribution in [2.24, 2.45) is 0 Å². The van der Waals surface area contributed by atoms with Gasteiger partial charge in [0.2, 0.25) is 5.91 Å². The molecule has 0 aliphatic rings. The van der Waals surface area contributed by atoms with Gasteiger partial charge >= 0.3 is 0 Å². The molecule has 1 amide bonds. The fourth-order valence-corrected chi connectivity index (χ4v) is 0.929. The van der Waals surface area contributed by atoms with Crippen LogP contribution in [0.5, 0.6) is 0 Å². The molecule has 0 saturated carbocycles. The second-order valence-electron chi connectivity index (χ2n) is 2.92. The zero-order valence-corrected chi connectivity index (χ0v) is 8.89. The number of halogens is 2. The van der Waals surface area contributed by atoms with E-state index in [1.165, 1.54) is 0 Å². The summed E-state index contributed by atoms with van der Waals surface area (Å²) in [5.41, 5.74) is 0. The first-order chi connectivity index (χ1) is 7.16. The van der Waals surface area contributed by atoms with Crippen LogP contribution in [0.1, 0.15) is 13.3 Å². The Kier molecular flexibility index (Phi) is 9.30. The molecule has 0 rings (SSSR count). The van der Waals surface area contributed by atoms with Gasteiger partial charge in [-0.1, -0.05) is 0 Å². The molecule has 0 spiro atoms. The maximum Gasteiger partial charge on any atom is 0.261 e. The smallest absolute Gasteiger partial charge is 0.261 e. The number of hydrogen-bond donors (Lipinski definition) is 2. The summed E-state index contributed by atoms with van der Waals surface area (Å²) in [6, 6.07) is 0. The quantitative estimate of drug-likeness (QED) is 0.557. The minimum absolute atomic E-state index is 0.0153. The molecule has 0 aromatic carbocycles. The minimum Gasteiger partial charge on any atom is -0.374 e. The molecule has 90 valence electrons. The van der Waals surface area contributed by atoms with Crippen LogP contribution >= 0.6 is 0 Å². The summed E-state index contributed by atoms with van der Waals surface area (Å²) < 4.78 is 27.8. The van der Waals surface area contributed by atoms with Crippen molar-refractivity contribution in [3.8, 4) is 0 Å². The average Bonchev–Trinajstić information content (AvgIpc) is 2.16. The summed E-state index contributed by atoms with van der Waals surface area (Å²) in [5.74, 6) is -0.0153. The number of carbonyl (C=O) groups is 1. The number of carbonyl (C=O) groups excluding carboxylic acids is 1. The zero-order valence-electron chi connectivity index (χ0n) is 8.89. The fraction of sp³-hybridized carbons (Fsp3) is 0.889. The standard InChI is InChI=1S/C9H18F2N2O2/c1-2-13-9(14)3-4-12-5-6-15-7-8(10)11/h8,12H,2-7H2,1H3,(H,13,14). The van der Waals surface area contributed by atoms with Crippen molar-refractivity contribution in [1.82, 2.24) is 10.6 Å². The molecule has 6 heteroatoms. The highest BCUT2D eigenvalue weighted by Crippen LogP contribution is 1.91. The molecule has 0 saturated heterocycles. The molecule has 0 fully saturated rings. The Balaban J connectivity index is 3.08. The van der Waals surface area contributed by atoms with Gasteiger partial charge in [-0.25, -0.2) is 8.78 Å². The van der Waals surface area contributed by atoms with Gasteiger partial charge in [0.1, 0.15) is 6.61 Å². The molecule has 0 heterocycles. The van der Waals surface area contributed by atoms with E-state index in [2.05, 4.69) is 15.4 Å². The molecule has 2 N–H and O–H groups in total. The van der Waals surface area contributed by atoms with Crippen LogP contribution in [0.25, 0.3) is 0 Å². The first-order valence-corrected chi connectivity index (χ1v) is 5.00. The lowest BCUT2D eigenvalue weighted by Gasteiger charge is -2.05. The Bertz CT molecular complexity index is 168. The summed E-state index contributed by atoms with van der Waals surface area (Å²) in [7, 11) is 0. The first kappa shape index (κ1) is 14.2. The molecule has 15 heavy (non-hydrogen) atoms. The van der Waals surface area contributed by atoms with Crippen molar-refractivity contribution < 1.29 is 18.3 Å². The third kappa shape index (κ3) is 11.2. The average molecular weight is 224 g/mol. The third-order valence-electron chi connectivity index (χ3n) is 1.57. The van der Waals surface area contributed by atoms with Gasteiger partial charge in [-0.05, 0) is 6.92 Å². The van der Waals surface area contributed by atoms with Crippen LogP contribution in [0, 0.1) is 0 Å². The highest BCUT2D eigenvalue weighted by atomic mass is 19.3. The molecule has 0 aromatic rings. The Hall–Kier alpha value is -0.750. The first-order valence-electron chi connectivity index (χ1n) is 5.00. The topological polar surface area (TPSA) is 50.4 Å². The van der Waals surface area contributed by atoms with E-state index < -0.39 is 13.0 Å². The van der Waals surface area contributed by atoms with E-state index in [-0.39, 0.29) is 12.5 Å². The van der Waals surface area contributed by atoms with Crippen LogP contribution in [-0.2, 0) is 9.53 Å². The van der Waals surface area contributed by atoms with E-state index in [0.29, 0.717) is 26.1 Å². The number of nitrogens with one attached hydrogen (secondary N) is 2. The van der Waals surface area contributed by atoms with Gasteiger partial charge in [0, 0.05) is 26.1 Å². The van der Waals surface area contributed by atoms with Crippen LogP contribution in [0.15, 0.2) is 0 Å². The van der Waals surface area contributed by atoms with Crippen molar-refractivity contribution in [3.63, 3.8) is 0 Å². The summed E-state index contributed by atoms with van der Waals surface area (Å²) in [6.45, 7) is 3.19. The second kappa shape index (κ2) is 9.79. The Morgan fingerprint density at radius 3 is 2.73 bits per heavy atom. The molecule has 0 radical (unpaired) electrons. The molecule has 0 unspecified atom stereocenters. The zero-order chi connectivity index (χ0) is 11.5. The van der Waals surface area contributed by atoms with Gasteiger partial charge in [-0.3, -0.25) is 4.79 Å².